The topological polar surface area (TPSA) is 68.5 Å². The van der Waals surface area contributed by atoms with E-state index >= 15 is 0 Å². The molecule has 5 rings (SSSR count). The first kappa shape index (κ1) is 21.9. The van der Waals surface area contributed by atoms with Crippen LogP contribution in [-0.4, -0.2) is 29.0 Å². The summed E-state index contributed by atoms with van der Waals surface area (Å²) in [6.45, 7) is 0. The van der Waals surface area contributed by atoms with Crippen molar-refractivity contribution in [2.75, 3.05) is 7.11 Å². The highest BCUT2D eigenvalue weighted by Gasteiger charge is 2.17. The van der Waals surface area contributed by atoms with Gasteiger partial charge < -0.3 is 4.74 Å². The molecule has 2 heterocycles. The first-order valence-corrected chi connectivity index (χ1v) is 11.6. The van der Waals surface area contributed by atoms with Gasteiger partial charge in [-0.25, -0.2) is 10.1 Å². The summed E-state index contributed by atoms with van der Waals surface area (Å²) in [5.41, 5.74) is 6.00. The highest BCUT2D eigenvalue weighted by molar-refractivity contribution is 7.21. The number of nitrogens with zero attached hydrogens (tertiary/aromatic N) is 3. The fourth-order valence-corrected chi connectivity index (χ4v) is 4.98. The number of amides is 1. The predicted molar refractivity (Wildman–Crippen MR) is 137 cm³/mol. The SMILES string of the molecule is COc1ccc2c(Cl)c(C(=O)NN=Cc3cn(-c4ccccc4)nc3-c3ccccc3)sc2c1. The number of carbonyl (C=O) groups is 1. The van der Waals surface area contributed by atoms with Gasteiger partial charge in [0.1, 0.15) is 16.3 Å². The van der Waals surface area contributed by atoms with Gasteiger partial charge in [-0.15, -0.1) is 11.3 Å². The highest BCUT2D eigenvalue weighted by atomic mass is 35.5. The van der Waals surface area contributed by atoms with Crippen LogP contribution in [0.3, 0.4) is 0 Å². The van der Waals surface area contributed by atoms with E-state index in [-0.39, 0.29) is 5.91 Å². The molecule has 0 saturated carbocycles. The van der Waals surface area contributed by atoms with Crippen molar-refractivity contribution in [3.05, 3.63) is 101 Å². The third-order valence-electron chi connectivity index (χ3n) is 5.22. The molecule has 0 fully saturated rings. The molecule has 0 aliphatic heterocycles. The molecule has 3 aromatic carbocycles. The zero-order chi connectivity index (χ0) is 23.5. The fourth-order valence-electron chi connectivity index (χ4n) is 3.54. The van der Waals surface area contributed by atoms with Gasteiger partial charge in [0, 0.05) is 27.4 Å². The quantitative estimate of drug-likeness (QED) is 0.230. The van der Waals surface area contributed by atoms with Gasteiger partial charge in [-0.1, -0.05) is 60.1 Å². The van der Waals surface area contributed by atoms with Crippen LogP contribution in [0.25, 0.3) is 27.0 Å². The van der Waals surface area contributed by atoms with Crippen LogP contribution < -0.4 is 10.2 Å². The van der Waals surface area contributed by atoms with Crippen LogP contribution in [0.1, 0.15) is 15.2 Å². The second-order valence-electron chi connectivity index (χ2n) is 7.39. The maximum atomic E-state index is 12.8. The molecule has 0 aliphatic rings. The molecule has 0 unspecified atom stereocenters. The molecule has 8 heteroatoms. The lowest BCUT2D eigenvalue weighted by atomic mass is 10.1. The molecular weight excluding hydrogens is 468 g/mol. The van der Waals surface area contributed by atoms with Gasteiger partial charge in [-0.2, -0.15) is 10.2 Å². The minimum atomic E-state index is -0.377. The largest absolute Gasteiger partial charge is 0.497 e. The smallest absolute Gasteiger partial charge is 0.283 e. The number of hydrogen-bond donors (Lipinski definition) is 1. The average Bonchev–Trinajstić information content (AvgIpc) is 3.46. The Labute approximate surface area is 205 Å². The monoisotopic (exact) mass is 486 g/mol. The van der Waals surface area contributed by atoms with Gasteiger partial charge in [-0.3, -0.25) is 4.79 Å². The van der Waals surface area contributed by atoms with E-state index < -0.39 is 0 Å². The standard InChI is InChI=1S/C26H19ClN4O2S/c1-33-20-12-13-21-22(14-20)34-25(23(21)27)26(32)29-28-15-18-16-31(19-10-6-3-7-11-19)30-24(18)17-8-4-2-5-9-17/h2-16H,1H3,(H,29,32). The third-order valence-corrected chi connectivity index (χ3v) is 6.88. The Hall–Kier alpha value is -3.94. The summed E-state index contributed by atoms with van der Waals surface area (Å²) in [6, 6.07) is 25.2. The average molecular weight is 487 g/mol. The Bertz CT molecular complexity index is 1490. The number of aromatic nitrogens is 2. The second kappa shape index (κ2) is 9.51. The van der Waals surface area contributed by atoms with Crippen molar-refractivity contribution in [3.8, 4) is 22.7 Å². The molecule has 0 atom stereocenters. The summed E-state index contributed by atoms with van der Waals surface area (Å²) < 4.78 is 7.92. The van der Waals surface area contributed by atoms with Crippen LogP contribution in [0.15, 0.2) is 90.2 Å². The lowest BCUT2D eigenvalue weighted by Gasteiger charge is -2.00. The van der Waals surface area contributed by atoms with Gasteiger partial charge >= 0.3 is 0 Å². The predicted octanol–water partition coefficient (Wildman–Crippen LogP) is 6.18. The van der Waals surface area contributed by atoms with Gasteiger partial charge in [0.25, 0.3) is 5.91 Å². The normalized spacial score (nSPS) is 11.2. The highest BCUT2D eigenvalue weighted by Crippen LogP contribution is 2.37. The summed E-state index contributed by atoms with van der Waals surface area (Å²) in [5.74, 6) is 0.331. The molecule has 1 N–H and O–H groups in total. The van der Waals surface area contributed by atoms with Gasteiger partial charge in [0.05, 0.1) is 24.0 Å². The van der Waals surface area contributed by atoms with Gasteiger partial charge in [0.2, 0.25) is 0 Å². The number of carbonyl (C=O) groups excluding carboxylic acids is 1. The molecule has 168 valence electrons. The molecule has 0 saturated heterocycles. The summed E-state index contributed by atoms with van der Waals surface area (Å²) in [7, 11) is 1.60. The second-order valence-corrected chi connectivity index (χ2v) is 8.82. The zero-order valence-corrected chi connectivity index (χ0v) is 19.7. The van der Waals surface area contributed by atoms with Crippen LogP contribution in [-0.2, 0) is 0 Å². The van der Waals surface area contributed by atoms with E-state index in [2.05, 4.69) is 10.5 Å². The van der Waals surface area contributed by atoms with Crippen molar-refractivity contribution in [1.29, 1.82) is 0 Å². The Morgan fingerprint density at radius 1 is 1.09 bits per heavy atom. The minimum Gasteiger partial charge on any atom is -0.497 e. The number of ether oxygens (including phenoxy) is 1. The Morgan fingerprint density at radius 3 is 2.56 bits per heavy atom. The number of rotatable bonds is 6. The van der Waals surface area contributed by atoms with Crippen LogP contribution >= 0.6 is 22.9 Å². The summed E-state index contributed by atoms with van der Waals surface area (Å²) >= 11 is 7.76. The molecule has 2 aromatic heterocycles. The van der Waals surface area contributed by atoms with Crippen molar-refractivity contribution in [3.63, 3.8) is 0 Å². The molecule has 6 nitrogen and oxygen atoms in total. The molecule has 0 radical (unpaired) electrons. The van der Waals surface area contributed by atoms with E-state index in [0.29, 0.717) is 15.6 Å². The number of fused-ring (bicyclic) bond motifs is 1. The number of hydrogen-bond acceptors (Lipinski definition) is 5. The van der Waals surface area contributed by atoms with Crippen LogP contribution in [0, 0.1) is 0 Å². The van der Waals surface area contributed by atoms with Crippen molar-refractivity contribution < 1.29 is 9.53 Å². The molecule has 1 amide bonds. The molecule has 0 bridgehead atoms. The van der Waals surface area contributed by atoms with E-state index in [1.165, 1.54) is 11.3 Å². The minimum absolute atomic E-state index is 0.377. The molecule has 34 heavy (non-hydrogen) atoms. The van der Waals surface area contributed by atoms with Crippen molar-refractivity contribution in [1.82, 2.24) is 15.2 Å². The number of benzene rings is 3. The lowest BCUT2D eigenvalue weighted by molar-refractivity contribution is 0.0959. The number of para-hydroxylation sites is 1. The van der Waals surface area contributed by atoms with Crippen molar-refractivity contribution >= 4 is 45.1 Å². The third kappa shape index (κ3) is 4.31. The molecule has 5 aromatic rings. The zero-order valence-electron chi connectivity index (χ0n) is 18.1. The summed E-state index contributed by atoms with van der Waals surface area (Å²) in [6.07, 6.45) is 3.48. The van der Waals surface area contributed by atoms with E-state index in [1.54, 1.807) is 18.0 Å². The lowest BCUT2D eigenvalue weighted by Crippen LogP contribution is -2.16. The first-order chi connectivity index (χ1) is 16.6. The van der Waals surface area contributed by atoms with Crippen molar-refractivity contribution in [2.45, 2.75) is 0 Å². The summed E-state index contributed by atoms with van der Waals surface area (Å²) in [5, 5.41) is 10.2. The van der Waals surface area contributed by atoms with E-state index in [1.807, 2.05) is 85.1 Å². The number of methoxy groups -OCH3 is 1. The van der Waals surface area contributed by atoms with Crippen molar-refractivity contribution in [2.24, 2.45) is 5.10 Å². The maximum absolute atomic E-state index is 12.8. The number of halogens is 1. The number of thiophene rings is 1. The molecule has 0 spiro atoms. The van der Waals surface area contributed by atoms with Crippen LogP contribution in [0.2, 0.25) is 5.02 Å². The van der Waals surface area contributed by atoms with Crippen LogP contribution in [0.4, 0.5) is 0 Å². The van der Waals surface area contributed by atoms with Gasteiger partial charge in [-0.05, 0) is 30.3 Å². The Balaban J connectivity index is 1.43. The Morgan fingerprint density at radius 2 is 1.82 bits per heavy atom. The fraction of sp³-hybridized carbons (Fsp3) is 0.0385. The number of hydrazone groups is 1. The van der Waals surface area contributed by atoms with E-state index in [9.17, 15) is 4.79 Å². The number of nitrogens with one attached hydrogen (secondary N) is 1. The first-order valence-electron chi connectivity index (χ1n) is 10.4. The van der Waals surface area contributed by atoms with Gasteiger partial charge in [0.15, 0.2) is 0 Å². The van der Waals surface area contributed by atoms with E-state index in [4.69, 9.17) is 21.4 Å². The summed E-state index contributed by atoms with van der Waals surface area (Å²) in [4.78, 5) is 13.2. The molecule has 0 aliphatic carbocycles. The Kier molecular flexibility index (Phi) is 6.12. The maximum Gasteiger partial charge on any atom is 0.283 e. The molecular formula is C26H19ClN4O2S. The van der Waals surface area contributed by atoms with E-state index in [0.717, 1.165) is 32.6 Å². The van der Waals surface area contributed by atoms with Crippen LogP contribution in [0.5, 0.6) is 5.75 Å².